The summed E-state index contributed by atoms with van der Waals surface area (Å²) in [6.07, 6.45) is 1.53. The maximum Gasteiger partial charge on any atom is 0.235 e. The monoisotopic (exact) mass is 428 g/mol. The van der Waals surface area contributed by atoms with Gasteiger partial charge in [-0.2, -0.15) is 5.26 Å². The number of hydrogen-bond acceptors (Lipinski definition) is 7. The van der Waals surface area contributed by atoms with Crippen LogP contribution in [0.5, 0.6) is 5.75 Å². The van der Waals surface area contributed by atoms with Crippen LogP contribution >= 0.6 is 10.5 Å². The van der Waals surface area contributed by atoms with Crippen molar-refractivity contribution in [3.8, 4) is 11.8 Å². The summed E-state index contributed by atoms with van der Waals surface area (Å²) in [7, 11) is 1.17. The molecule has 0 bridgehead atoms. The zero-order valence-electron chi connectivity index (χ0n) is 17.0. The predicted octanol–water partition coefficient (Wildman–Crippen LogP) is 2.07. The molecule has 1 aliphatic heterocycles. The highest BCUT2D eigenvalue weighted by Crippen LogP contribution is 2.29. The molecule has 3 rings (SSSR count). The van der Waals surface area contributed by atoms with Crippen molar-refractivity contribution in [2.45, 2.75) is 6.92 Å². The lowest BCUT2D eigenvalue weighted by Crippen LogP contribution is -2.21. The Bertz CT molecular complexity index is 1030. The lowest BCUT2D eigenvalue weighted by molar-refractivity contribution is -0.116. The molecular weight excluding hydrogens is 404 g/mol. The minimum Gasteiger partial charge on any atom is -0.492 e. The molecular formula is C21H24N4O4S. The first-order valence-electron chi connectivity index (χ1n) is 9.57. The van der Waals surface area contributed by atoms with Crippen LogP contribution in [-0.2, 0) is 14.3 Å². The van der Waals surface area contributed by atoms with E-state index in [-0.39, 0.29) is 5.91 Å². The van der Waals surface area contributed by atoms with Gasteiger partial charge in [0.25, 0.3) is 0 Å². The fourth-order valence-electron chi connectivity index (χ4n) is 2.91. The standard InChI is InChI=1S/C21H24N4O4S/c1-3-29-20-16(11-22)12-24-18-5-4-15(10-17(18)20)13-30-14-19(26)25-21(30)23-6-7-28-9-8-27-2/h4-5,10,12-13H,3,6-9,14H2,1-2H3,(H,23,25,26). The van der Waals surface area contributed by atoms with E-state index in [1.807, 2.05) is 30.5 Å². The van der Waals surface area contributed by atoms with Crippen molar-refractivity contribution < 1.29 is 19.0 Å². The van der Waals surface area contributed by atoms with E-state index in [4.69, 9.17) is 14.2 Å². The molecule has 1 atom stereocenters. The van der Waals surface area contributed by atoms with Crippen LogP contribution in [0.15, 0.2) is 29.4 Å². The number of rotatable bonds is 9. The Balaban J connectivity index is 1.85. The Morgan fingerprint density at radius 2 is 2.23 bits per heavy atom. The first-order valence-corrected chi connectivity index (χ1v) is 11.0. The fraction of sp³-hybridized carbons (Fsp3) is 0.381. The van der Waals surface area contributed by atoms with Crippen LogP contribution in [0.25, 0.3) is 10.9 Å². The normalized spacial score (nSPS) is 17.4. The van der Waals surface area contributed by atoms with Gasteiger partial charge in [-0.25, -0.2) is 0 Å². The highest BCUT2D eigenvalue weighted by atomic mass is 32.2. The number of carbonyl (C=O) groups excluding carboxylic acids is 1. The van der Waals surface area contributed by atoms with E-state index in [1.54, 1.807) is 7.11 Å². The number of nitrogens with one attached hydrogen (secondary N) is 1. The number of pyridine rings is 1. The second-order valence-electron chi connectivity index (χ2n) is 6.35. The molecule has 1 amide bonds. The molecule has 1 aliphatic rings. The third-order valence-electron chi connectivity index (χ3n) is 4.23. The van der Waals surface area contributed by atoms with Gasteiger partial charge in [0.2, 0.25) is 5.91 Å². The summed E-state index contributed by atoms with van der Waals surface area (Å²) in [5.41, 5.74) is 2.07. The van der Waals surface area contributed by atoms with Gasteiger partial charge in [0.05, 0.1) is 44.2 Å². The molecule has 1 aromatic heterocycles. The van der Waals surface area contributed by atoms with Crippen LogP contribution in [0.2, 0.25) is 0 Å². The molecule has 8 nitrogen and oxygen atoms in total. The number of ether oxygens (including phenoxy) is 3. The van der Waals surface area contributed by atoms with Gasteiger partial charge in [-0.3, -0.25) is 14.8 Å². The Morgan fingerprint density at radius 1 is 1.37 bits per heavy atom. The van der Waals surface area contributed by atoms with Gasteiger partial charge in [-0.15, -0.1) is 10.5 Å². The van der Waals surface area contributed by atoms with E-state index in [2.05, 4.69) is 21.4 Å². The first kappa shape index (κ1) is 21.9. The molecule has 2 aromatic rings. The zero-order chi connectivity index (χ0) is 21.3. The fourth-order valence-corrected chi connectivity index (χ4v) is 4.57. The maximum absolute atomic E-state index is 11.9. The Labute approximate surface area is 177 Å². The van der Waals surface area contributed by atoms with E-state index in [9.17, 15) is 10.1 Å². The van der Waals surface area contributed by atoms with Crippen molar-refractivity contribution in [3.63, 3.8) is 0 Å². The van der Waals surface area contributed by atoms with Crippen LogP contribution in [0.4, 0.5) is 0 Å². The largest absolute Gasteiger partial charge is 0.492 e. The molecule has 9 heteroatoms. The van der Waals surface area contributed by atoms with E-state index >= 15 is 0 Å². The minimum atomic E-state index is -0.457. The molecule has 0 radical (unpaired) electrons. The molecule has 1 N–H and O–H groups in total. The quantitative estimate of drug-likeness (QED) is 0.484. The number of amides is 1. The summed E-state index contributed by atoms with van der Waals surface area (Å²) in [6.45, 7) is 4.33. The molecule has 0 aliphatic carbocycles. The summed E-state index contributed by atoms with van der Waals surface area (Å²) in [5.74, 6) is 0.861. The summed E-state index contributed by atoms with van der Waals surface area (Å²) >= 11 is 0. The van der Waals surface area contributed by atoms with E-state index in [1.165, 1.54) is 6.20 Å². The van der Waals surface area contributed by atoms with Gasteiger partial charge in [-0.05, 0) is 30.0 Å². The number of benzene rings is 1. The molecule has 1 fully saturated rings. The van der Waals surface area contributed by atoms with E-state index in [0.717, 1.165) is 16.5 Å². The van der Waals surface area contributed by atoms with Crippen LogP contribution in [0.3, 0.4) is 0 Å². The lowest BCUT2D eigenvalue weighted by atomic mass is 10.1. The van der Waals surface area contributed by atoms with Gasteiger partial charge >= 0.3 is 0 Å². The maximum atomic E-state index is 11.9. The summed E-state index contributed by atoms with van der Waals surface area (Å²) in [4.78, 5) is 20.8. The molecule has 0 spiro atoms. The van der Waals surface area contributed by atoms with Gasteiger partial charge in [-0.1, -0.05) is 6.07 Å². The number of methoxy groups -OCH3 is 1. The third-order valence-corrected chi connectivity index (χ3v) is 6.09. The van der Waals surface area contributed by atoms with Crippen LogP contribution < -0.4 is 10.1 Å². The highest BCUT2D eigenvalue weighted by molar-refractivity contribution is 8.29. The van der Waals surface area contributed by atoms with Crippen molar-refractivity contribution in [2.24, 2.45) is 4.99 Å². The van der Waals surface area contributed by atoms with Crippen LogP contribution in [0.1, 0.15) is 18.1 Å². The average molecular weight is 429 g/mol. The summed E-state index contributed by atoms with van der Waals surface area (Å²) < 4.78 is 16.1. The second-order valence-corrected chi connectivity index (χ2v) is 8.12. The number of nitriles is 1. The molecule has 1 aromatic carbocycles. The molecule has 2 heterocycles. The van der Waals surface area contributed by atoms with Crippen molar-refractivity contribution >= 4 is 37.8 Å². The summed E-state index contributed by atoms with van der Waals surface area (Å²) in [6, 6.07) is 7.90. The Kier molecular flexibility index (Phi) is 7.90. The Hall–Kier alpha value is -2.80. The Morgan fingerprint density at radius 3 is 3.00 bits per heavy atom. The number of hydrogen-bond donors (Lipinski definition) is 1. The van der Waals surface area contributed by atoms with Crippen LogP contribution in [-0.4, -0.2) is 67.3 Å². The highest BCUT2D eigenvalue weighted by Gasteiger charge is 2.21. The smallest absolute Gasteiger partial charge is 0.235 e. The minimum absolute atomic E-state index is 0.0436. The topological polar surface area (TPSA) is 106 Å². The van der Waals surface area contributed by atoms with Crippen molar-refractivity contribution in [1.82, 2.24) is 10.3 Å². The molecule has 30 heavy (non-hydrogen) atoms. The van der Waals surface area contributed by atoms with Gasteiger partial charge in [0.1, 0.15) is 17.4 Å². The van der Waals surface area contributed by atoms with Crippen LogP contribution in [0, 0.1) is 11.3 Å². The SMILES string of the molecule is CCOc1c(C#N)cnc2ccc(/C=S3/CC(=O)NC3=NCCOCCOC)cc12. The van der Waals surface area contributed by atoms with E-state index < -0.39 is 10.5 Å². The lowest BCUT2D eigenvalue weighted by Gasteiger charge is -2.10. The van der Waals surface area contributed by atoms with Gasteiger partial charge in [0.15, 0.2) is 5.17 Å². The number of aromatic nitrogens is 1. The molecule has 158 valence electrons. The number of fused-ring (bicyclic) bond motifs is 1. The van der Waals surface area contributed by atoms with E-state index in [0.29, 0.717) is 55.2 Å². The number of aliphatic imine (C=N–C) groups is 1. The zero-order valence-corrected chi connectivity index (χ0v) is 17.8. The second kappa shape index (κ2) is 10.8. The summed E-state index contributed by atoms with van der Waals surface area (Å²) in [5, 5.41) is 15.7. The average Bonchev–Trinajstić information content (AvgIpc) is 3.10. The van der Waals surface area contributed by atoms with Gasteiger partial charge < -0.3 is 19.5 Å². The van der Waals surface area contributed by atoms with Crippen molar-refractivity contribution in [1.29, 1.82) is 5.26 Å². The number of carbonyl (C=O) groups is 1. The van der Waals surface area contributed by atoms with Crippen molar-refractivity contribution in [2.75, 3.05) is 45.8 Å². The molecule has 0 saturated carbocycles. The number of amidine groups is 1. The third kappa shape index (κ3) is 5.42. The number of nitrogens with zero attached hydrogens (tertiary/aromatic N) is 3. The van der Waals surface area contributed by atoms with Gasteiger partial charge in [0, 0.05) is 18.7 Å². The molecule has 1 saturated heterocycles. The first-order chi connectivity index (χ1) is 14.7. The van der Waals surface area contributed by atoms with Crippen molar-refractivity contribution in [3.05, 3.63) is 35.5 Å². The molecule has 1 unspecified atom stereocenters. The predicted molar refractivity (Wildman–Crippen MR) is 118 cm³/mol.